The van der Waals surface area contributed by atoms with Crippen LogP contribution in [-0.2, 0) is 0 Å². The Bertz CT molecular complexity index is 320. The summed E-state index contributed by atoms with van der Waals surface area (Å²) in [5, 5.41) is 0. The predicted molar refractivity (Wildman–Crippen MR) is 56.2 cm³/mol. The van der Waals surface area contributed by atoms with Crippen molar-refractivity contribution in [2.75, 3.05) is 6.54 Å². The highest BCUT2D eigenvalue weighted by molar-refractivity contribution is 5.94. The number of rotatable bonds is 1. The maximum atomic E-state index is 12.0. The van der Waals surface area contributed by atoms with Gasteiger partial charge in [0.05, 0.1) is 0 Å². The number of likely N-dealkylation sites (tertiary alicyclic amines) is 1. The first-order valence-corrected chi connectivity index (χ1v) is 5.15. The Kier molecular flexibility index (Phi) is 2.53. The zero-order valence-corrected chi connectivity index (χ0v) is 8.44. The molecule has 2 heteroatoms. The molecule has 2 rings (SSSR count). The maximum absolute atomic E-state index is 12.0. The van der Waals surface area contributed by atoms with Gasteiger partial charge >= 0.3 is 0 Å². The molecule has 0 bridgehead atoms. The summed E-state index contributed by atoms with van der Waals surface area (Å²) < 4.78 is 0. The summed E-state index contributed by atoms with van der Waals surface area (Å²) in [5.41, 5.74) is 0.807. The second-order valence-electron chi connectivity index (χ2n) is 3.86. The summed E-state index contributed by atoms with van der Waals surface area (Å²) >= 11 is 0. The minimum absolute atomic E-state index is 0.176. The summed E-state index contributed by atoms with van der Waals surface area (Å²) in [6.45, 7) is 3.03. The Morgan fingerprint density at radius 2 is 2.07 bits per heavy atom. The van der Waals surface area contributed by atoms with Crippen LogP contribution in [-0.4, -0.2) is 23.4 Å². The number of amides is 1. The summed E-state index contributed by atoms with van der Waals surface area (Å²) in [7, 11) is 0. The van der Waals surface area contributed by atoms with Crippen LogP contribution in [0.4, 0.5) is 0 Å². The zero-order valence-electron chi connectivity index (χ0n) is 8.44. The largest absolute Gasteiger partial charge is 0.336 e. The van der Waals surface area contributed by atoms with Crippen molar-refractivity contribution in [1.29, 1.82) is 0 Å². The van der Waals surface area contributed by atoms with Gasteiger partial charge in [-0.1, -0.05) is 18.2 Å². The van der Waals surface area contributed by atoms with Crippen LogP contribution in [0.15, 0.2) is 30.3 Å². The van der Waals surface area contributed by atoms with Crippen molar-refractivity contribution in [3.63, 3.8) is 0 Å². The molecule has 1 fully saturated rings. The minimum atomic E-state index is 0.176. The molecule has 0 spiro atoms. The Balaban J connectivity index is 2.16. The van der Waals surface area contributed by atoms with E-state index in [9.17, 15) is 4.79 Å². The van der Waals surface area contributed by atoms with E-state index < -0.39 is 0 Å². The van der Waals surface area contributed by atoms with Crippen LogP contribution < -0.4 is 0 Å². The first kappa shape index (κ1) is 9.25. The number of hydrogen-bond acceptors (Lipinski definition) is 1. The monoisotopic (exact) mass is 189 g/mol. The van der Waals surface area contributed by atoms with Gasteiger partial charge in [-0.15, -0.1) is 0 Å². The first-order chi connectivity index (χ1) is 6.79. The molecule has 1 saturated heterocycles. The molecule has 1 atom stereocenters. The third-order valence-electron chi connectivity index (χ3n) is 2.83. The molecular weight excluding hydrogens is 174 g/mol. The van der Waals surface area contributed by atoms with Crippen molar-refractivity contribution in [3.8, 4) is 0 Å². The maximum Gasteiger partial charge on any atom is 0.254 e. The number of nitrogens with zero attached hydrogens (tertiary/aromatic N) is 1. The lowest BCUT2D eigenvalue weighted by molar-refractivity contribution is 0.0747. The van der Waals surface area contributed by atoms with Crippen molar-refractivity contribution < 1.29 is 4.79 Å². The molecule has 2 nitrogen and oxygen atoms in total. The second kappa shape index (κ2) is 3.82. The SMILES string of the molecule is C[C@@H]1CCCN1C(=O)c1ccccc1. The number of carbonyl (C=O) groups is 1. The fourth-order valence-corrected chi connectivity index (χ4v) is 1.98. The number of hydrogen-bond donors (Lipinski definition) is 0. The Morgan fingerprint density at radius 3 is 2.64 bits per heavy atom. The van der Waals surface area contributed by atoms with Gasteiger partial charge < -0.3 is 4.90 Å². The second-order valence-corrected chi connectivity index (χ2v) is 3.86. The fraction of sp³-hybridized carbons (Fsp3) is 0.417. The zero-order chi connectivity index (χ0) is 9.97. The highest BCUT2D eigenvalue weighted by atomic mass is 16.2. The lowest BCUT2D eigenvalue weighted by atomic mass is 10.2. The van der Waals surface area contributed by atoms with E-state index in [2.05, 4.69) is 6.92 Å². The molecule has 0 aliphatic carbocycles. The normalized spacial score (nSPS) is 21.2. The van der Waals surface area contributed by atoms with E-state index >= 15 is 0 Å². The van der Waals surface area contributed by atoms with E-state index in [-0.39, 0.29) is 5.91 Å². The van der Waals surface area contributed by atoms with Gasteiger partial charge in [-0.3, -0.25) is 4.79 Å². The number of carbonyl (C=O) groups excluding carboxylic acids is 1. The molecule has 1 aromatic rings. The Morgan fingerprint density at radius 1 is 1.36 bits per heavy atom. The van der Waals surface area contributed by atoms with Crippen molar-refractivity contribution in [2.24, 2.45) is 0 Å². The van der Waals surface area contributed by atoms with E-state index in [4.69, 9.17) is 0 Å². The molecule has 14 heavy (non-hydrogen) atoms. The fourth-order valence-electron chi connectivity index (χ4n) is 1.98. The topological polar surface area (TPSA) is 20.3 Å². The van der Waals surface area contributed by atoms with Crippen molar-refractivity contribution >= 4 is 5.91 Å². The van der Waals surface area contributed by atoms with Crippen LogP contribution in [0, 0.1) is 0 Å². The quantitative estimate of drug-likeness (QED) is 0.664. The van der Waals surface area contributed by atoms with Crippen LogP contribution in [0.25, 0.3) is 0 Å². The molecule has 0 radical (unpaired) electrons. The molecular formula is C12H15NO. The van der Waals surface area contributed by atoms with Crippen LogP contribution in [0.2, 0.25) is 0 Å². The van der Waals surface area contributed by atoms with Gasteiger partial charge in [-0.2, -0.15) is 0 Å². The lowest BCUT2D eigenvalue weighted by Gasteiger charge is -2.21. The van der Waals surface area contributed by atoms with Crippen LogP contribution in [0.1, 0.15) is 30.1 Å². The highest BCUT2D eigenvalue weighted by Gasteiger charge is 2.25. The molecule has 0 saturated carbocycles. The standard InChI is InChI=1S/C12H15NO/c1-10-6-5-9-13(10)12(14)11-7-3-2-4-8-11/h2-4,7-8,10H,5-6,9H2,1H3/t10-/m1/s1. The molecule has 0 unspecified atom stereocenters. The van der Waals surface area contributed by atoms with Gasteiger partial charge in [-0.05, 0) is 31.9 Å². The van der Waals surface area contributed by atoms with Crippen LogP contribution in [0.5, 0.6) is 0 Å². The molecule has 0 aromatic heterocycles. The van der Waals surface area contributed by atoms with Crippen molar-refractivity contribution in [2.45, 2.75) is 25.8 Å². The molecule has 1 aliphatic rings. The first-order valence-electron chi connectivity index (χ1n) is 5.15. The molecule has 1 aliphatic heterocycles. The van der Waals surface area contributed by atoms with E-state index in [1.807, 2.05) is 35.2 Å². The summed E-state index contributed by atoms with van der Waals surface area (Å²) in [4.78, 5) is 14.0. The molecule has 0 N–H and O–H groups in total. The Hall–Kier alpha value is -1.31. The van der Waals surface area contributed by atoms with Crippen molar-refractivity contribution in [1.82, 2.24) is 4.90 Å². The van der Waals surface area contributed by atoms with Gasteiger partial charge in [-0.25, -0.2) is 0 Å². The van der Waals surface area contributed by atoms with E-state index in [0.717, 1.165) is 24.9 Å². The van der Waals surface area contributed by atoms with E-state index in [1.165, 1.54) is 0 Å². The van der Waals surface area contributed by atoms with Crippen molar-refractivity contribution in [3.05, 3.63) is 35.9 Å². The van der Waals surface area contributed by atoms with Crippen LogP contribution >= 0.6 is 0 Å². The van der Waals surface area contributed by atoms with Gasteiger partial charge in [0.1, 0.15) is 0 Å². The third kappa shape index (κ3) is 1.65. The molecule has 1 heterocycles. The van der Waals surface area contributed by atoms with E-state index in [0.29, 0.717) is 6.04 Å². The summed E-state index contributed by atoms with van der Waals surface area (Å²) in [6, 6.07) is 9.93. The lowest BCUT2D eigenvalue weighted by Crippen LogP contribution is -2.33. The summed E-state index contributed by atoms with van der Waals surface area (Å²) in [6.07, 6.45) is 2.28. The smallest absolute Gasteiger partial charge is 0.254 e. The van der Waals surface area contributed by atoms with Gasteiger partial charge in [0.15, 0.2) is 0 Å². The van der Waals surface area contributed by atoms with E-state index in [1.54, 1.807) is 0 Å². The predicted octanol–water partition coefficient (Wildman–Crippen LogP) is 2.31. The number of benzene rings is 1. The highest BCUT2D eigenvalue weighted by Crippen LogP contribution is 2.19. The molecule has 1 amide bonds. The van der Waals surface area contributed by atoms with Crippen LogP contribution in [0.3, 0.4) is 0 Å². The average Bonchev–Trinajstić information content (AvgIpc) is 2.65. The minimum Gasteiger partial charge on any atom is -0.336 e. The molecule has 74 valence electrons. The van der Waals surface area contributed by atoms with Gasteiger partial charge in [0, 0.05) is 18.2 Å². The average molecular weight is 189 g/mol. The third-order valence-corrected chi connectivity index (χ3v) is 2.83. The van der Waals surface area contributed by atoms with Gasteiger partial charge in [0.25, 0.3) is 5.91 Å². The summed E-state index contributed by atoms with van der Waals surface area (Å²) in [5.74, 6) is 0.176. The Labute approximate surface area is 84.5 Å². The van der Waals surface area contributed by atoms with Gasteiger partial charge in [0.2, 0.25) is 0 Å². The molecule has 1 aromatic carbocycles.